The van der Waals surface area contributed by atoms with Crippen molar-refractivity contribution >= 4 is 66.6 Å². The highest BCUT2D eigenvalue weighted by atomic mass is 32.2. The number of primary amides is 1. The smallest absolute Gasteiger partial charge is 0.294 e. The van der Waals surface area contributed by atoms with Crippen molar-refractivity contribution in [1.82, 2.24) is 0 Å². The van der Waals surface area contributed by atoms with Crippen LogP contribution in [0.3, 0.4) is 0 Å². The molecule has 0 radical (unpaired) electrons. The van der Waals surface area contributed by atoms with Gasteiger partial charge in [0.1, 0.15) is 34.5 Å². The van der Waals surface area contributed by atoms with Gasteiger partial charge < -0.3 is 36.0 Å². The number of rotatable bonds is 9. The zero-order chi connectivity index (χ0) is 56.6. The lowest BCUT2D eigenvalue weighted by molar-refractivity contribution is -0.120. The van der Waals surface area contributed by atoms with Crippen molar-refractivity contribution in [3.63, 3.8) is 0 Å². The monoisotopic (exact) mass is 1170 g/mol. The van der Waals surface area contributed by atoms with E-state index in [0.29, 0.717) is 72.8 Å². The number of carbonyl (C=O) groups excluding carboxylic acids is 1. The Labute approximate surface area is 431 Å². The molecule has 0 aromatic heterocycles. The third-order valence-corrected chi connectivity index (χ3v) is 16.8. The maximum atomic E-state index is 12.9. The number of nitrogens with two attached hydrogens (primary N) is 1. The molecule has 1 aliphatic carbocycles. The number of ether oxygens (including phenoxy) is 1. The Balaban J connectivity index is 1.64. The summed E-state index contributed by atoms with van der Waals surface area (Å²) in [6, 6.07) is 7.74. The van der Waals surface area contributed by atoms with E-state index in [-0.39, 0.29) is 0 Å². The van der Waals surface area contributed by atoms with Gasteiger partial charge in [-0.3, -0.25) is 32.1 Å². The number of hydrogen-bond donors (Lipinski definition) is 12. The standard InChI is InChI=1S/C44H39NO25S6/c45-38(46)19-70-44-30-5-28-15-35(74(61,62)63)13-26(42(28)50)3-24-11-33(72(55,56)57)9-22(40(24)48)1-20-7-32(71(52,53)54)8-21(39(20)47)2-23-10-34(73(58,59)60)12-25(41(23)49)4-27-14-36(75(64,65)66)16-29(43(27)51)6-31(44)18-37(17-30)76(67,68)69/h7-18,47-51H,1-6,19H2,(H2,45,46)(H,52,53,54)(H,55,56,57)(H,58,59,60)(H,61,62,63)(H,64,65,66)(H,67,68,69). The molecule has 0 aliphatic heterocycles. The van der Waals surface area contributed by atoms with E-state index in [0.717, 1.165) is 0 Å². The molecule has 32 heteroatoms. The minimum Gasteiger partial charge on any atom is -0.507 e. The number of phenolic OH excluding ortho intramolecular Hbond substituents is 5. The van der Waals surface area contributed by atoms with Gasteiger partial charge in [-0.2, -0.15) is 50.5 Å². The van der Waals surface area contributed by atoms with Crippen molar-refractivity contribution in [3.8, 4) is 34.5 Å². The molecule has 6 aromatic rings. The molecule has 7 rings (SSSR count). The van der Waals surface area contributed by atoms with Crippen LogP contribution in [-0.2, 0) is 104 Å². The summed E-state index contributed by atoms with van der Waals surface area (Å²) in [5.74, 6) is -6.51. The SMILES string of the molecule is NC(=O)COc1c2cc(S(=O)(=O)O)cc1Cc1cc(S(=O)(=O)O)cc(c1O)Cc1cc(S(=O)(=O)O)cc(c1O)Cc1cc(S(=O)(=O)O)cc(c1O)Cc1cc(S(=O)(=O)O)cc(c1O)Cc1cc(S(=O)(=O)O)cc(c1O)C2. The molecule has 6 aromatic carbocycles. The summed E-state index contributed by atoms with van der Waals surface area (Å²) in [7, 11) is -31.9. The van der Waals surface area contributed by atoms with Crippen LogP contribution in [0.15, 0.2) is 102 Å². The minimum absolute atomic E-state index is 0.496. The Morgan fingerprint density at radius 3 is 0.618 bits per heavy atom. The lowest BCUT2D eigenvalue weighted by atomic mass is 9.91. The van der Waals surface area contributed by atoms with Crippen LogP contribution in [0, 0.1) is 0 Å². The third-order valence-electron chi connectivity index (χ3n) is 11.9. The fourth-order valence-electron chi connectivity index (χ4n) is 8.43. The van der Waals surface area contributed by atoms with E-state index in [1.807, 2.05) is 0 Å². The van der Waals surface area contributed by atoms with E-state index < -0.39 is 242 Å². The van der Waals surface area contributed by atoms with Crippen LogP contribution in [0.25, 0.3) is 0 Å². The molecule has 1 aliphatic rings. The predicted octanol–water partition coefficient (Wildman–Crippen LogP) is 2.42. The minimum atomic E-state index is -5.34. The van der Waals surface area contributed by atoms with Crippen LogP contribution in [0.1, 0.15) is 66.8 Å². The highest BCUT2D eigenvalue weighted by molar-refractivity contribution is 7.87. The molecule has 0 fully saturated rings. The van der Waals surface area contributed by atoms with Crippen molar-refractivity contribution < 1.29 is 113 Å². The number of hydrogen-bond acceptors (Lipinski definition) is 19. The van der Waals surface area contributed by atoms with Crippen LogP contribution >= 0.6 is 0 Å². The quantitative estimate of drug-likeness (QED) is 0.0923. The maximum absolute atomic E-state index is 12.9. The van der Waals surface area contributed by atoms with Crippen LogP contribution in [-0.4, -0.2) is 116 Å². The molecule has 26 nitrogen and oxygen atoms in total. The van der Waals surface area contributed by atoms with Crippen molar-refractivity contribution in [2.75, 3.05) is 6.61 Å². The summed E-state index contributed by atoms with van der Waals surface area (Å²) in [5.41, 5.74) is -1.53. The molecule has 406 valence electrons. The first-order chi connectivity index (χ1) is 34.8. The second-order valence-corrected chi connectivity index (χ2v) is 25.7. The van der Waals surface area contributed by atoms with Gasteiger partial charge in [-0.15, -0.1) is 0 Å². The zero-order valence-electron chi connectivity index (χ0n) is 38.0. The van der Waals surface area contributed by atoms with Gasteiger partial charge in [0.25, 0.3) is 66.6 Å². The highest BCUT2D eigenvalue weighted by Crippen LogP contribution is 2.42. The van der Waals surface area contributed by atoms with Crippen molar-refractivity contribution in [3.05, 3.63) is 140 Å². The molecule has 0 spiro atoms. The lowest BCUT2D eigenvalue weighted by Gasteiger charge is -2.20. The molecule has 0 heterocycles. The number of fused-ring (bicyclic) bond motifs is 12. The van der Waals surface area contributed by atoms with Crippen LogP contribution in [0.5, 0.6) is 34.5 Å². The van der Waals surface area contributed by atoms with E-state index in [1.165, 1.54) is 0 Å². The van der Waals surface area contributed by atoms with Gasteiger partial charge >= 0.3 is 0 Å². The number of phenols is 5. The van der Waals surface area contributed by atoms with Gasteiger partial charge in [0.2, 0.25) is 0 Å². The number of aromatic hydroxyl groups is 5. The second-order valence-electron chi connectivity index (χ2n) is 17.2. The Morgan fingerprint density at radius 1 is 0.329 bits per heavy atom. The molecule has 12 bridgehead atoms. The molecule has 13 N–H and O–H groups in total. The van der Waals surface area contributed by atoms with Gasteiger partial charge in [-0.1, -0.05) is 0 Å². The number of carbonyl (C=O) groups is 1. The molecule has 1 amide bonds. The average molecular weight is 1170 g/mol. The topological polar surface area (TPSA) is 480 Å². The van der Waals surface area contributed by atoms with Crippen LogP contribution in [0.2, 0.25) is 0 Å². The average Bonchev–Trinajstić information content (AvgIpc) is 3.26. The second kappa shape index (κ2) is 19.9. The largest absolute Gasteiger partial charge is 0.507 e. The third kappa shape index (κ3) is 12.3. The summed E-state index contributed by atoms with van der Waals surface area (Å²) < 4.78 is 220. The van der Waals surface area contributed by atoms with E-state index in [2.05, 4.69) is 0 Å². The van der Waals surface area contributed by atoms with E-state index >= 15 is 0 Å². The van der Waals surface area contributed by atoms with Gasteiger partial charge in [0, 0.05) is 105 Å². The van der Waals surface area contributed by atoms with Gasteiger partial charge in [0.15, 0.2) is 6.61 Å². The molecule has 76 heavy (non-hydrogen) atoms. The van der Waals surface area contributed by atoms with Crippen molar-refractivity contribution in [1.29, 1.82) is 0 Å². The highest BCUT2D eigenvalue weighted by Gasteiger charge is 2.29. The van der Waals surface area contributed by atoms with E-state index in [4.69, 9.17) is 10.5 Å². The first-order valence-corrected chi connectivity index (χ1v) is 29.6. The summed E-state index contributed by atoms with van der Waals surface area (Å²) in [6.07, 6.45) is -5.66. The Morgan fingerprint density at radius 2 is 0.474 bits per heavy atom. The molecule has 0 unspecified atom stereocenters. The molecule has 0 saturated heterocycles. The van der Waals surface area contributed by atoms with Crippen LogP contribution in [0.4, 0.5) is 0 Å². The first kappa shape index (κ1) is 56.8. The summed E-state index contributed by atoms with van der Waals surface area (Å²) in [6.45, 7) is -1.05. The van der Waals surface area contributed by atoms with Gasteiger partial charge in [0.05, 0.1) is 29.4 Å². The summed E-state index contributed by atoms with van der Waals surface area (Å²) in [5, 5.41) is 58.8. The predicted molar refractivity (Wildman–Crippen MR) is 257 cm³/mol. The van der Waals surface area contributed by atoms with Gasteiger partial charge in [-0.25, -0.2) is 0 Å². The van der Waals surface area contributed by atoms with Crippen molar-refractivity contribution in [2.24, 2.45) is 5.73 Å². The number of benzene rings is 6. The molecule has 0 saturated carbocycles. The maximum Gasteiger partial charge on any atom is 0.294 e. The lowest BCUT2D eigenvalue weighted by Crippen LogP contribution is -2.21. The van der Waals surface area contributed by atoms with E-state index in [1.54, 1.807) is 0 Å². The fraction of sp³-hybridized carbons (Fsp3) is 0.159. The Hall–Kier alpha value is -6.95. The number of amides is 1. The zero-order valence-corrected chi connectivity index (χ0v) is 42.9. The molecular formula is C44H39NO25S6. The summed E-state index contributed by atoms with van der Waals surface area (Å²) in [4.78, 5) is 6.05. The van der Waals surface area contributed by atoms with E-state index in [9.17, 15) is 108 Å². The molecule has 0 atom stereocenters. The Kier molecular flexibility index (Phi) is 14.9. The normalized spacial score (nSPS) is 13.9. The summed E-state index contributed by atoms with van der Waals surface area (Å²) >= 11 is 0. The van der Waals surface area contributed by atoms with Crippen LogP contribution < -0.4 is 10.5 Å². The first-order valence-electron chi connectivity index (χ1n) is 20.9. The fourth-order valence-corrected chi connectivity index (χ4v) is 11.9. The van der Waals surface area contributed by atoms with Gasteiger partial charge in [-0.05, 0) is 72.8 Å². The Bertz CT molecular complexity index is 3970. The van der Waals surface area contributed by atoms with Crippen molar-refractivity contribution in [2.45, 2.75) is 67.9 Å². The molecular weight excluding hydrogens is 1130 g/mol.